The number of H-pyrrole nitrogens is 1. The maximum atomic E-state index is 11.5. The van der Waals surface area contributed by atoms with Crippen molar-refractivity contribution in [3.63, 3.8) is 0 Å². The molecule has 3 aromatic rings. The van der Waals surface area contributed by atoms with Crippen LogP contribution in [0.5, 0.6) is 0 Å². The maximum Gasteiger partial charge on any atom is 0.354 e. The molecule has 0 fully saturated rings. The minimum absolute atomic E-state index is 0.0305. The monoisotopic (exact) mass is 317 g/mol. The van der Waals surface area contributed by atoms with Crippen LogP contribution < -0.4 is 0 Å². The number of aromatic carboxylic acids is 1. The number of fused-ring (bicyclic) bond motifs is 1. The minimum Gasteiger partial charge on any atom is -0.477 e. The predicted molar refractivity (Wildman–Crippen MR) is 79.4 cm³/mol. The van der Waals surface area contributed by atoms with Gasteiger partial charge in [-0.05, 0) is 23.8 Å². The van der Waals surface area contributed by atoms with Gasteiger partial charge in [-0.25, -0.2) is 18.2 Å². The Hall–Kier alpha value is -2.74. The average Bonchev–Trinajstić information content (AvgIpc) is 2.89. The molecule has 0 amide bonds. The fourth-order valence-electron chi connectivity index (χ4n) is 2.12. The van der Waals surface area contributed by atoms with Gasteiger partial charge in [-0.3, -0.25) is 5.10 Å². The van der Waals surface area contributed by atoms with Crippen LogP contribution >= 0.6 is 0 Å². The number of aromatic nitrogens is 3. The van der Waals surface area contributed by atoms with Gasteiger partial charge in [0.15, 0.2) is 21.2 Å². The Bertz CT molecular complexity index is 975. The zero-order valence-corrected chi connectivity index (χ0v) is 12.3. The average molecular weight is 317 g/mol. The third-order valence-corrected chi connectivity index (χ3v) is 4.37. The van der Waals surface area contributed by atoms with Gasteiger partial charge in [0.05, 0.1) is 10.3 Å². The molecule has 0 saturated carbocycles. The lowest BCUT2D eigenvalue weighted by atomic mass is 10.1. The van der Waals surface area contributed by atoms with E-state index >= 15 is 0 Å². The van der Waals surface area contributed by atoms with E-state index in [1.54, 1.807) is 24.4 Å². The van der Waals surface area contributed by atoms with Gasteiger partial charge in [-0.2, -0.15) is 5.10 Å². The van der Waals surface area contributed by atoms with Crippen molar-refractivity contribution in [1.82, 2.24) is 15.2 Å². The number of hydrogen-bond acceptors (Lipinski definition) is 5. The Morgan fingerprint density at radius 2 is 1.86 bits per heavy atom. The van der Waals surface area contributed by atoms with Crippen LogP contribution in [0.1, 0.15) is 10.5 Å². The lowest BCUT2D eigenvalue weighted by Crippen LogP contribution is -1.97. The van der Waals surface area contributed by atoms with Crippen molar-refractivity contribution in [1.29, 1.82) is 0 Å². The van der Waals surface area contributed by atoms with Crippen LogP contribution in [0, 0.1) is 0 Å². The van der Waals surface area contributed by atoms with E-state index < -0.39 is 15.8 Å². The fraction of sp³-hybridized carbons (Fsp3) is 0.0714. The van der Waals surface area contributed by atoms with Crippen LogP contribution in [-0.4, -0.2) is 40.9 Å². The molecule has 1 aromatic carbocycles. The number of rotatable bonds is 3. The Kier molecular flexibility index (Phi) is 3.18. The van der Waals surface area contributed by atoms with Gasteiger partial charge in [-0.1, -0.05) is 12.1 Å². The van der Waals surface area contributed by atoms with Crippen LogP contribution in [0.15, 0.2) is 41.4 Å². The molecule has 22 heavy (non-hydrogen) atoms. The zero-order chi connectivity index (χ0) is 15.9. The number of carboxylic acids is 1. The molecule has 0 aliphatic heterocycles. The number of carbonyl (C=O) groups is 1. The zero-order valence-electron chi connectivity index (χ0n) is 11.4. The molecule has 3 rings (SSSR count). The molecule has 2 heterocycles. The van der Waals surface area contributed by atoms with Crippen LogP contribution in [0.3, 0.4) is 0 Å². The molecule has 8 heteroatoms. The molecule has 0 saturated heterocycles. The van der Waals surface area contributed by atoms with Gasteiger partial charge in [0.25, 0.3) is 0 Å². The van der Waals surface area contributed by atoms with Crippen LogP contribution in [0.4, 0.5) is 0 Å². The molecule has 7 nitrogen and oxygen atoms in total. The summed E-state index contributed by atoms with van der Waals surface area (Å²) in [6.07, 6.45) is 2.70. The summed E-state index contributed by atoms with van der Waals surface area (Å²) in [5.74, 6) is -1.12. The van der Waals surface area contributed by atoms with E-state index in [1.165, 1.54) is 12.1 Å². The smallest absolute Gasteiger partial charge is 0.354 e. The van der Waals surface area contributed by atoms with Crippen molar-refractivity contribution in [3.8, 4) is 11.1 Å². The van der Waals surface area contributed by atoms with Crippen molar-refractivity contribution in [2.75, 3.05) is 6.26 Å². The van der Waals surface area contributed by atoms with Crippen LogP contribution in [0.2, 0.25) is 0 Å². The number of sulfone groups is 1. The predicted octanol–water partition coefficient (Wildman–Crippen LogP) is 1.73. The van der Waals surface area contributed by atoms with Gasteiger partial charge in [0.1, 0.15) is 0 Å². The topological polar surface area (TPSA) is 113 Å². The first-order valence-corrected chi connectivity index (χ1v) is 8.13. The summed E-state index contributed by atoms with van der Waals surface area (Å²) in [4.78, 5) is 15.4. The lowest BCUT2D eigenvalue weighted by molar-refractivity contribution is 0.0692. The van der Waals surface area contributed by atoms with E-state index in [-0.39, 0.29) is 10.6 Å². The summed E-state index contributed by atoms with van der Waals surface area (Å²) >= 11 is 0. The Morgan fingerprint density at radius 3 is 2.45 bits per heavy atom. The van der Waals surface area contributed by atoms with Crippen LogP contribution in [-0.2, 0) is 9.84 Å². The van der Waals surface area contributed by atoms with Gasteiger partial charge in [-0.15, -0.1) is 0 Å². The van der Waals surface area contributed by atoms with E-state index in [2.05, 4.69) is 15.2 Å². The molecule has 2 N–H and O–H groups in total. The molecule has 0 spiro atoms. The standard InChI is InChI=1S/C14H11N3O4S/c1-22(20,21)10-4-2-8(3-5-10)9-6-11-12(14(18)19)16-17-13(11)15-7-9/h2-7H,1H3,(H,18,19)(H,15,16,17). The van der Waals surface area contributed by atoms with Crippen molar-refractivity contribution >= 4 is 26.8 Å². The van der Waals surface area contributed by atoms with Crippen molar-refractivity contribution < 1.29 is 18.3 Å². The first kappa shape index (κ1) is 14.2. The maximum absolute atomic E-state index is 11.5. The second-order valence-corrected chi connectivity index (χ2v) is 6.81. The fourth-order valence-corrected chi connectivity index (χ4v) is 2.75. The largest absolute Gasteiger partial charge is 0.477 e. The first-order chi connectivity index (χ1) is 10.4. The molecular formula is C14H11N3O4S. The molecule has 112 valence electrons. The number of nitrogens with zero attached hydrogens (tertiary/aromatic N) is 2. The summed E-state index contributed by atoms with van der Waals surface area (Å²) in [5, 5.41) is 15.7. The van der Waals surface area contributed by atoms with E-state index in [0.717, 1.165) is 11.8 Å². The molecule has 0 aliphatic rings. The number of benzene rings is 1. The molecule has 2 aromatic heterocycles. The highest BCUT2D eigenvalue weighted by molar-refractivity contribution is 7.90. The van der Waals surface area contributed by atoms with Crippen molar-refractivity contribution in [2.24, 2.45) is 0 Å². The Labute approximate surface area is 125 Å². The highest BCUT2D eigenvalue weighted by Gasteiger charge is 2.14. The number of carboxylic acid groups (broad SMARTS) is 1. The minimum atomic E-state index is -3.25. The molecule has 0 bridgehead atoms. The van der Waals surface area contributed by atoms with E-state index in [4.69, 9.17) is 5.11 Å². The SMILES string of the molecule is CS(=O)(=O)c1ccc(-c2cnc3n[nH]c(C(=O)O)c3c2)cc1. The van der Waals surface area contributed by atoms with Gasteiger partial charge in [0, 0.05) is 18.0 Å². The number of nitrogens with one attached hydrogen (secondary N) is 1. The molecular weight excluding hydrogens is 306 g/mol. The molecule has 0 aliphatic carbocycles. The summed E-state index contributed by atoms with van der Waals surface area (Å²) in [7, 11) is -3.25. The highest BCUT2D eigenvalue weighted by atomic mass is 32.2. The summed E-state index contributed by atoms with van der Waals surface area (Å²) < 4.78 is 22.9. The van der Waals surface area contributed by atoms with E-state index in [0.29, 0.717) is 16.6 Å². The van der Waals surface area contributed by atoms with Gasteiger partial charge >= 0.3 is 5.97 Å². The first-order valence-electron chi connectivity index (χ1n) is 6.24. The molecule has 0 atom stereocenters. The van der Waals surface area contributed by atoms with Crippen molar-refractivity contribution in [3.05, 3.63) is 42.2 Å². The van der Waals surface area contributed by atoms with Crippen LogP contribution in [0.25, 0.3) is 22.2 Å². The summed E-state index contributed by atoms with van der Waals surface area (Å²) in [6.45, 7) is 0. The van der Waals surface area contributed by atoms with E-state index in [1.807, 2.05) is 0 Å². The third kappa shape index (κ3) is 2.44. The second kappa shape index (κ2) is 4.92. The van der Waals surface area contributed by atoms with Gasteiger partial charge < -0.3 is 5.11 Å². The highest BCUT2D eigenvalue weighted by Crippen LogP contribution is 2.24. The summed E-state index contributed by atoms with van der Waals surface area (Å²) in [5.41, 5.74) is 1.70. The van der Waals surface area contributed by atoms with Crippen molar-refractivity contribution in [2.45, 2.75) is 4.90 Å². The number of hydrogen-bond donors (Lipinski definition) is 2. The van der Waals surface area contributed by atoms with E-state index in [9.17, 15) is 13.2 Å². The van der Waals surface area contributed by atoms with Gasteiger partial charge in [0.2, 0.25) is 0 Å². The Morgan fingerprint density at radius 1 is 1.18 bits per heavy atom. The summed E-state index contributed by atoms with van der Waals surface area (Å²) in [6, 6.07) is 7.97. The Balaban J connectivity index is 2.10. The number of aromatic amines is 1. The molecule has 0 unspecified atom stereocenters. The molecule has 0 radical (unpaired) electrons. The third-order valence-electron chi connectivity index (χ3n) is 3.24. The normalized spacial score (nSPS) is 11.7. The number of pyridine rings is 1. The quantitative estimate of drug-likeness (QED) is 0.760. The lowest BCUT2D eigenvalue weighted by Gasteiger charge is -2.03. The second-order valence-electron chi connectivity index (χ2n) is 4.80.